The SMILES string of the molecule is O=C(O)NC1Cn2c(=O)ccc3ccc(OCc4ccccc4)c1c32. The van der Waals surface area contributed by atoms with Gasteiger partial charge in [-0.3, -0.25) is 4.79 Å². The van der Waals surface area contributed by atoms with Crippen molar-refractivity contribution in [3.63, 3.8) is 0 Å². The lowest BCUT2D eigenvalue weighted by atomic mass is 10.0. The maximum Gasteiger partial charge on any atom is 0.405 e. The predicted molar refractivity (Wildman–Crippen MR) is 92.9 cm³/mol. The summed E-state index contributed by atoms with van der Waals surface area (Å²) in [6.45, 7) is 0.639. The van der Waals surface area contributed by atoms with Crippen molar-refractivity contribution in [1.29, 1.82) is 0 Å². The van der Waals surface area contributed by atoms with Crippen LogP contribution in [0.4, 0.5) is 4.79 Å². The average molecular weight is 336 g/mol. The van der Waals surface area contributed by atoms with Crippen LogP contribution in [0, 0.1) is 0 Å². The Balaban J connectivity index is 1.78. The van der Waals surface area contributed by atoms with E-state index in [0.717, 1.165) is 16.5 Å². The maximum absolute atomic E-state index is 12.2. The van der Waals surface area contributed by atoms with Crippen LogP contribution in [-0.4, -0.2) is 15.8 Å². The zero-order chi connectivity index (χ0) is 17.4. The number of hydrogen-bond acceptors (Lipinski definition) is 3. The molecule has 1 aromatic heterocycles. The van der Waals surface area contributed by atoms with Crippen molar-refractivity contribution in [3.8, 4) is 5.75 Å². The molecule has 1 amide bonds. The van der Waals surface area contributed by atoms with E-state index in [4.69, 9.17) is 9.84 Å². The van der Waals surface area contributed by atoms with Gasteiger partial charge in [0.15, 0.2) is 0 Å². The number of amides is 1. The molecule has 126 valence electrons. The highest BCUT2D eigenvalue weighted by molar-refractivity contribution is 5.87. The Morgan fingerprint density at radius 1 is 1.16 bits per heavy atom. The van der Waals surface area contributed by atoms with Crippen molar-refractivity contribution < 1.29 is 14.6 Å². The van der Waals surface area contributed by atoms with Crippen LogP contribution in [0.5, 0.6) is 5.75 Å². The molecule has 2 aromatic carbocycles. The summed E-state index contributed by atoms with van der Waals surface area (Å²) in [6.07, 6.45) is -1.13. The van der Waals surface area contributed by atoms with Crippen molar-refractivity contribution in [1.82, 2.24) is 9.88 Å². The van der Waals surface area contributed by atoms with Crippen molar-refractivity contribution in [2.45, 2.75) is 19.2 Å². The van der Waals surface area contributed by atoms with Crippen LogP contribution in [0.15, 0.2) is 59.4 Å². The molecule has 0 bridgehead atoms. The smallest absolute Gasteiger partial charge is 0.405 e. The van der Waals surface area contributed by atoms with Crippen molar-refractivity contribution in [2.75, 3.05) is 0 Å². The van der Waals surface area contributed by atoms with Crippen LogP contribution in [0.3, 0.4) is 0 Å². The normalized spacial score (nSPS) is 15.3. The third kappa shape index (κ3) is 2.71. The number of carbonyl (C=O) groups is 1. The second kappa shape index (κ2) is 5.98. The molecule has 6 heteroatoms. The van der Waals surface area contributed by atoms with E-state index < -0.39 is 12.1 Å². The van der Waals surface area contributed by atoms with Gasteiger partial charge in [-0.05, 0) is 29.1 Å². The highest BCUT2D eigenvalue weighted by Gasteiger charge is 2.30. The molecule has 0 radical (unpaired) electrons. The molecule has 1 aliphatic rings. The van der Waals surface area contributed by atoms with Gasteiger partial charge in [0.05, 0.1) is 18.1 Å². The number of nitrogens with zero attached hydrogens (tertiary/aromatic N) is 1. The molecule has 1 aliphatic heterocycles. The number of benzene rings is 2. The lowest BCUT2D eigenvalue weighted by molar-refractivity contribution is 0.189. The highest BCUT2D eigenvalue weighted by atomic mass is 16.5. The average Bonchev–Trinajstić information content (AvgIpc) is 2.98. The number of ether oxygens (including phenoxy) is 1. The van der Waals surface area contributed by atoms with Crippen molar-refractivity contribution >= 4 is 17.0 Å². The second-order valence-corrected chi connectivity index (χ2v) is 5.97. The summed E-state index contributed by atoms with van der Waals surface area (Å²) in [5.41, 5.74) is 2.31. The number of rotatable bonds is 4. The van der Waals surface area contributed by atoms with E-state index in [0.29, 0.717) is 17.9 Å². The molecule has 1 unspecified atom stereocenters. The molecular weight excluding hydrogens is 320 g/mol. The Kier molecular flexibility index (Phi) is 3.65. The Hall–Kier alpha value is -3.28. The first-order chi connectivity index (χ1) is 12.1. The third-order valence-electron chi connectivity index (χ3n) is 4.40. The summed E-state index contributed by atoms with van der Waals surface area (Å²) in [7, 11) is 0. The maximum atomic E-state index is 12.2. The Morgan fingerprint density at radius 3 is 2.68 bits per heavy atom. The number of hydrogen-bond donors (Lipinski definition) is 2. The zero-order valence-corrected chi connectivity index (χ0v) is 13.3. The Labute approximate surface area is 143 Å². The molecule has 25 heavy (non-hydrogen) atoms. The number of pyridine rings is 1. The number of carboxylic acid groups (broad SMARTS) is 1. The van der Waals surface area contributed by atoms with E-state index >= 15 is 0 Å². The van der Waals surface area contributed by atoms with Crippen molar-refractivity contribution in [3.05, 3.63) is 76.1 Å². The van der Waals surface area contributed by atoms with Gasteiger partial charge in [0.2, 0.25) is 0 Å². The summed E-state index contributed by atoms with van der Waals surface area (Å²) in [5.74, 6) is 0.590. The molecule has 3 aromatic rings. The first-order valence-corrected chi connectivity index (χ1v) is 7.96. The first-order valence-electron chi connectivity index (χ1n) is 7.96. The molecular formula is C19H16N2O4. The summed E-state index contributed by atoms with van der Waals surface area (Å²) < 4.78 is 7.56. The predicted octanol–water partition coefficient (Wildman–Crippen LogP) is 2.90. The van der Waals surface area contributed by atoms with E-state index in [-0.39, 0.29) is 12.1 Å². The zero-order valence-electron chi connectivity index (χ0n) is 13.3. The number of nitrogens with one attached hydrogen (secondary N) is 1. The minimum Gasteiger partial charge on any atom is -0.488 e. The summed E-state index contributed by atoms with van der Waals surface area (Å²) in [5, 5.41) is 12.5. The van der Waals surface area contributed by atoms with Gasteiger partial charge in [-0.1, -0.05) is 30.3 Å². The van der Waals surface area contributed by atoms with E-state index in [9.17, 15) is 9.59 Å². The summed E-state index contributed by atoms with van der Waals surface area (Å²) >= 11 is 0. The van der Waals surface area contributed by atoms with Gasteiger partial charge in [-0.25, -0.2) is 4.79 Å². The van der Waals surface area contributed by atoms with E-state index in [1.54, 1.807) is 10.6 Å². The lowest BCUT2D eigenvalue weighted by Crippen LogP contribution is -2.28. The molecule has 6 nitrogen and oxygen atoms in total. The monoisotopic (exact) mass is 336 g/mol. The fraction of sp³-hybridized carbons (Fsp3) is 0.158. The van der Waals surface area contributed by atoms with E-state index in [1.807, 2.05) is 42.5 Å². The molecule has 0 fully saturated rings. The minimum absolute atomic E-state index is 0.149. The Morgan fingerprint density at radius 2 is 1.92 bits per heavy atom. The van der Waals surface area contributed by atoms with Gasteiger partial charge in [-0.2, -0.15) is 0 Å². The topological polar surface area (TPSA) is 80.6 Å². The molecule has 0 spiro atoms. The van der Waals surface area contributed by atoms with Gasteiger partial charge in [0.1, 0.15) is 12.4 Å². The quantitative estimate of drug-likeness (QED) is 0.768. The fourth-order valence-corrected chi connectivity index (χ4v) is 3.32. The standard InChI is InChI=1S/C19H16N2O4/c22-16-9-7-13-6-8-15(25-11-12-4-2-1-3-5-12)17-14(20-19(23)24)10-21(16)18(13)17/h1-9,14,20H,10-11H2,(H,23,24). The van der Waals surface area contributed by atoms with Gasteiger partial charge < -0.3 is 19.7 Å². The molecule has 0 aliphatic carbocycles. The van der Waals surface area contributed by atoms with Gasteiger partial charge in [0.25, 0.3) is 5.56 Å². The molecule has 4 rings (SSSR count). The van der Waals surface area contributed by atoms with Crippen LogP contribution in [0.1, 0.15) is 17.2 Å². The molecule has 2 heterocycles. The summed E-state index contributed by atoms with van der Waals surface area (Å²) in [6, 6.07) is 16.2. The van der Waals surface area contributed by atoms with Gasteiger partial charge in [0, 0.05) is 11.6 Å². The Bertz CT molecular complexity index is 1010. The molecule has 0 saturated heterocycles. The molecule has 0 saturated carbocycles. The fourth-order valence-electron chi connectivity index (χ4n) is 3.32. The summed E-state index contributed by atoms with van der Waals surface area (Å²) in [4.78, 5) is 23.3. The second-order valence-electron chi connectivity index (χ2n) is 5.97. The first kappa shape index (κ1) is 15.3. The highest BCUT2D eigenvalue weighted by Crippen LogP contribution is 2.38. The third-order valence-corrected chi connectivity index (χ3v) is 4.40. The number of aromatic nitrogens is 1. The van der Waals surface area contributed by atoms with Crippen LogP contribution in [0.2, 0.25) is 0 Å². The van der Waals surface area contributed by atoms with Crippen LogP contribution in [-0.2, 0) is 13.2 Å². The largest absolute Gasteiger partial charge is 0.488 e. The van der Waals surface area contributed by atoms with Crippen LogP contribution in [0.25, 0.3) is 10.9 Å². The van der Waals surface area contributed by atoms with E-state index in [1.165, 1.54) is 6.07 Å². The van der Waals surface area contributed by atoms with Crippen molar-refractivity contribution in [2.24, 2.45) is 0 Å². The van der Waals surface area contributed by atoms with Gasteiger partial charge >= 0.3 is 6.09 Å². The molecule has 1 atom stereocenters. The molecule has 2 N–H and O–H groups in total. The lowest BCUT2D eigenvalue weighted by Gasteiger charge is -2.15. The van der Waals surface area contributed by atoms with Crippen LogP contribution >= 0.6 is 0 Å². The van der Waals surface area contributed by atoms with E-state index in [2.05, 4.69) is 5.32 Å². The van der Waals surface area contributed by atoms with Crippen LogP contribution < -0.4 is 15.6 Å². The van der Waals surface area contributed by atoms with Gasteiger partial charge in [-0.15, -0.1) is 0 Å². The minimum atomic E-state index is -1.13.